The van der Waals surface area contributed by atoms with Crippen molar-refractivity contribution in [3.63, 3.8) is 0 Å². The van der Waals surface area contributed by atoms with Crippen LogP contribution in [-0.4, -0.2) is 109 Å². The number of hydrogen-bond donors (Lipinski definition) is 12. The van der Waals surface area contributed by atoms with Crippen molar-refractivity contribution >= 4 is 28.0 Å². The van der Waals surface area contributed by atoms with E-state index < -0.39 is 47.6 Å². The monoisotopic (exact) mass is 1200 g/mol. The number of Topliss-reactive ketones (excluding diaryl/α,β-unsaturated/α-hetero) is 2. The van der Waals surface area contributed by atoms with E-state index in [-0.39, 0.29) is 85.1 Å². The summed E-state index contributed by atoms with van der Waals surface area (Å²) in [5, 5.41) is 102. The molecule has 15 heteroatoms. The number of benzene rings is 5. The van der Waals surface area contributed by atoms with Gasteiger partial charge in [0.25, 0.3) is 0 Å². The molecule has 3 heterocycles. The number of rotatable bonds is 12. The Morgan fingerprint density at radius 1 is 0.784 bits per heavy atom. The molecule has 1 saturated carbocycles. The molecule has 1 aromatic heterocycles. The number of β-amino-alcohol motifs (C(OH)–C–C–N with tert-alkyl or cyclic N) is 1. The van der Waals surface area contributed by atoms with Crippen LogP contribution in [-0.2, 0) is 48.3 Å². The van der Waals surface area contributed by atoms with Gasteiger partial charge in [-0.05, 0) is 186 Å². The number of dihydropyridines is 1. The summed E-state index contributed by atoms with van der Waals surface area (Å²) in [5.74, 6) is 4.57. The summed E-state index contributed by atoms with van der Waals surface area (Å²) in [5.41, 5.74) is 8.92. The molecule has 2 aliphatic carbocycles. The zero-order valence-corrected chi connectivity index (χ0v) is 51.0. The van der Waals surface area contributed by atoms with Crippen LogP contribution in [0, 0.1) is 47.3 Å². The number of nitrogens with one attached hydrogen (secondary N) is 4. The second-order valence-electron chi connectivity index (χ2n) is 25.3. The standard InChI is InChI=1S/C73H88N4O11/c1-4-8-59-53-29-46(27-45-25-26-75-70(30-45)77-55-22-19-49-17-18-52(71(85)63(49)35-55)32-57(80)40-74-38-43(2)54-31-56(76-39-54)36-67(59)83)28-50-20-23-60(61-37-68(84)69(88-3)34-51(61)21-24-66(82)73(87)72(86)62(50)33-53)58-11-6-5-9-47(58)15-13-44(41-78)14-16-48-10-7-12-65(81)64(48)42-79/h5-7,9-12,17-19,22,25,30-31,34-35,37,39,43-44,46,50,53,57,59-60,62,67,73-81,83-85,87H,4,8,13-16,21,24,26-29,32-33,36,38,40-42H2,1-3H3/t43-,44-,46-,50-,53-,57-,59+,60+,62-,67+,73-/m0/s1. The Kier molecular flexibility index (Phi) is 21.1. The number of hydrogen-bond acceptors (Lipinski definition) is 14. The molecule has 5 aromatic carbocycles. The van der Waals surface area contributed by atoms with Crippen molar-refractivity contribution in [2.45, 2.75) is 140 Å². The Hall–Kier alpha value is -7.42. The first kappa shape index (κ1) is 63.6. The largest absolute Gasteiger partial charge is 0.508 e. The first-order chi connectivity index (χ1) is 42.6. The van der Waals surface area contributed by atoms with Crippen molar-refractivity contribution in [1.82, 2.24) is 15.6 Å². The van der Waals surface area contributed by atoms with Crippen molar-refractivity contribution in [3.05, 3.63) is 171 Å². The quantitative estimate of drug-likeness (QED) is 0.0403. The van der Waals surface area contributed by atoms with Gasteiger partial charge in [0, 0.05) is 85.9 Å². The number of carbonyl (C=O) groups excluding carboxylic acids is 2. The summed E-state index contributed by atoms with van der Waals surface area (Å²) in [7, 11) is 1.46. The lowest BCUT2D eigenvalue weighted by atomic mass is 9.73. The number of aliphatic hydroxyl groups excluding tert-OH is 5. The minimum atomic E-state index is -1.90. The first-order valence-corrected chi connectivity index (χ1v) is 31.8. The number of aromatic hydroxyl groups is 3. The molecule has 0 saturated heterocycles. The average Bonchev–Trinajstić information content (AvgIpc) is 2.80. The lowest BCUT2D eigenvalue weighted by molar-refractivity contribution is -0.142. The van der Waals surface area contributed by atoms with Gasteiger partial charge in [0.2, 0.25) is 0 Å². The maximum absolute atomic E-state index is 15.3. The summed E-state index contributed by atoms with van der Waals surface area (Å²) in [6, 6.07) is 28.4. The summed E-state index contributed by atoms with van der Waals surface area (Å²) < 4.78 is 5.63. The number of aromatic amines is 1. The molecule has 0 amide bonds. The summed E-state index contributed by atoms with van der Waals surface area (Å²) in [6.07, 6.45) is 9.17. The Balaban J connectivity index is 1.05. The lowest BCUT2D eigenvalue weighted by Crippen LogP contribution is -2.40. The molecule has 88 heavy (non-hydrogen) atoms. The average molecular weight is 1200 g/mol. The summed E-state index contributed by atoms with van der Waals surface area (Å²) in [6.45, 7) is 5.30. The number of aromatic nitrogens is 1. The van der Waals surface area contributed by atoms with Crippen molar-refractivity contribution < 1.29 is 55.2 Å². The van der Waals surface area contributed by atoms with Crippen LogP contribution in [0.3, 0.4) is 0 Å². The fourth-order valence-electron chi connectivity index (χ4n) is 14.4. The highest BCUT2D eigenvalue weighted by atomic mass is 16.5. The number of H-pyrrole nitrogens is 1. The topological polar surface area (TPSA) is 257 Å². The molecule has 11 atom stereocenters. The Labute approximate surface area is 517 Å². The third kappa shape index (κ3) is 15.0. The molecule has 0 radical (unpaired) electrons. The van der Waals surface area contributed by atoms with Gasteiger partial charge >= 0.3 is 0 Å². The molecule has 4 aliphatic rings. The Morgan fingerprint density at radius 2 is 1.58 bits per heavy atom. The van der Waals surface area contributed by atoms with Crippen LogP contribution in [0.1, 0.15) is 134 Å². The summed E-state index contributed by atoms with van der Waals surface area (Å²) in [4.78, 5) is 33.2. The predicted octanol–water partition coefficient (Wildman–Crippen LogP) is 9.69. The number of carbonyl (C=O) groups is 2. The van der Waals surface area contributed by atoms with Gasteiger partial charge in [-0.3, -0.25) is 9.59 Å². The number of methoxy groups -OCH3 is 1. The number of ketones is 2. The number of phenols is 3. The van der Waals surface area contributed by atoms with E-state index in [0.29, 0.717) is 111 Å². The fourth-order valence-corrected chi connectivity index (χ4v) is 14.4. The predicted molar refractivity (Wildman–Crippen MR) is 342 cm³/mol. The van der Waals surface area contributed by atoms with Crippen LogP contribution in [0.25, 0.3) is 10.8 Å². The van der Waals surface area contributed by atoms with Crippen LogP contribution in [0.15, 0.2) is 121 Å². The highest BCUT2D eigenvalue weighted by molar-refractivity contribution is 6.06. The van der Waals surface area contributed by atoms with Crippen molar-refractivity contribution in [1.29, 1.82) is 0 Å². The molecule has 466 valence electrons. The molecule has 0 spiro atoms. The van der Waals surface area contributed by atoms with E-state index in [1.165, 1.54) is 7.11 Å². The number of aryl methyl sites for hydroxylation is 3. The maximum atomic E-state index is 15.3. The van der Waals surface area contributed by atoms with Crippen LogP contribution >= 0.6 is 0 Å². The molecule has 6 aromatic rings. The van der Waals surface area contributed by atoms with E-state index in [1.54, 1.807) is 24.3 Å². The molecule has 1 fully saturated rings. The normalized spacial score (nSPS) is 25.1. The van der Waals surface area contributed by atoms with Gasteiger partial charge in [0.05, 0.1) is 31.8 Å². The second-order valence-corrected chi connectivity index (χ2v) is 25.3. The van der Waals surface area contributed by atoms with Gasteiger partial charge < -0.3 is 66.5 Å². The van der Waals surface area contributed by atoms with Crippen LogP contribution < -0.4 is 20.7 Å². The van der Waals surface area contributed by atoms with Crippen molar-refractivity contribution in [3.8, 4) is 34.8 Å². The summed E-state index contributed by atoms with van der Waals surface area (Å²) >= 11 is 0. The molecular weight excluding hydrogens is 1110 g/mol. The van der Waals surface area contributed by atoms with Crippen LogP contribution in [0.5, 0.6) is 23.0 Å². The first-order valence-electron chi connectivity index (χ1n) is 31.8. The second kappa shape index (κ2) is 29.3. The SMILES string of the molecule is CCC[C@@H]1[C@H]2C[C@@H](CC3=CCNC(=C3)Nc3ccc4ccc(c(O)c4c3)C[C@H](O)CNC[C@H](C)c3c[nH]c(c3)C[C@H]1O)C[C@@H]1C#C[C@H](c3ccccc3CC[C@H](CO)CCc3cccc(O)c3CO)c3cc(O)c(OC)cc3CCC(=O)[C@H](O)C(=O)[C@H]1C2. The molecule has 2 aliphatic heterocycles. The molecule has 12 N–H and O–H groups in total. The Bertz CT molecular complexity index is 3560. The molecule has 10 rings (SSSR count). The van der Waals surface area contributed by atoms with E-state index in [4.69, 9.17) is 4.74 Å². The molecular formula is C73H88N4O11. The number of fused-ring (bicyclic) bond motifs is 9. The van der Waals surface area contributed by atoms with Gasteiger partial charge in [0.15, 0.2) is 29.2 Å². The van der Waals surface area contributed by atoms with Crippen LogP contribution in [0.2, 0.25) is 0 Å². The van der Waals surface area contributed by atoms with Crippen LogP contribution in [0.4, 0.5) is 5.69 Å². The minimum Gasteiger partial charge on any atom is -0.508 e. The highest BCUT2D eigenvalue weighted by Crippen LogP contribution is 2.46. The fraction of sp³-hybridized carbons (Fsp3) is 0.452. The third-order valence-electron chi connectivity index (χ3n) is 19.3. The molecule has 15 nitrogen and oxygen atoms in total. The number of ether oxygens (including phenoxy) is 1. The lowest BCUT2D eigenvalue weighted by Gasteiger charge is -2.33. The van der Waals surface area contributed by atoms with Gasteiger partial charge in [-0.1, -0.05) is 92.8 Å². The number of anilines is 1. The highest BCUT2D eigenvalue weighted by Gasteiger charge is 2.44. The third-order valence-corrected chi connectivity index (χ3v) is 19.3. The van der Waals surface area contributed by atoms with Gasteiger partial charge in [-0.15, -0.1) is 0 Å². The van der Waals surface area contributed by atoms with Crippen molar-refractivity contribution in [2.75, 3.05) is 38.7 Å². The minimum absolute atomic E-state index is 0.0371. The van der Waals surface area contributed by atoms with Crippen molar-refractivity contribution in [2.24, 2.45) is 35.5 Å². The molecule has 0 unspecified atom stereocenters. The Morgan fingerprint density at radius 3 is 2.38 bits per heavy atom. The number of allylic oxidation sites excluding steroid dienone is 2. The zero-order valence-electron chi connectivity index (χ0n) is 51.0. The van der Waals surface area contributed by atoms with Gasteiger partial charge in [0.1, 0.15) is 17.3 Å². The maximum Gasteiger partial charge on any atom is 0.173 e. The van der Waals surface area contributed by atoms with E-state index in [2.05, 4.69) is 70.9 Å². The molecule has 9 bridgehead atoms. The van der Waals surface area contributed by atoms with E-state index in [1.807, 2.05) is 60.8 Å². The smallest absolute Gasteiger partial charge is 0.173 e. The zero-order chi connectivity index (χ0) is 62.0. The number of phenolic OH excluding ortho intramolecular Hbond substituents is 2. The van der Waals surface area contributed by atoms with E-state index in [0.717, 1.165) is 56.8 Å². The van der Waals surface area contributed by atoms with Gasteiger partial charge in [-0.2, -0.15) is 0 Å². The van der Waals surface area contributed by atoms with E-state index in [9.17, 15) is 45.6 Å². The van der Waals surface area contributed by atoms with Gasteiger partial charge in [-0.25, -0.2) is 0 Å². The van der Waals surface area contributed by atoms with E-state index >= 15 is 4.79 Å². The number of aliphatic hydroxyl groups is 5.